The number of nitro benzene ring substituents is 1. The summed E-state index contributed by atoms with van der Waals surface area (Å²) in [5.41, 5.74) is 2.92. The highest BCUT2D eigenvalue weighted by Crippen LogP contribution is 2.47. The van der Waals surface area contributed by atoms with Gasteiger partial charge in [-0.15, -0.1) is 0 Å². The van der Waals surface area contributed by atoms with E-state index in [9.17, 15) is 19.7 Å². The van der Waals surface area contributed by atoms with Crippen LogP contribution in [0, 0.1) is 22.0 Å². The lowest BCUT2D eigenvalue weighted by molar-refractivity contribution is -0.384. The molecule has 4 atom stereocenters. The highest BCUT2D eigenvalue weighted by Gasteiger charge is 2.49. The number of nitrogens with zero attached hydrogens (tertiary/aromatic N) is 4. The summed E-state index contributed by atoms with van der Waals surface area (Å²) in [4.78, 5) is 41.9. The first kappa shape index (κ1) is 23.2. The number of piperidine rings is 1. The van der Waals surface area contributed by atoms with E-state index in [4.69, 9.17) is 4.74 Å². The Morgan fingerprint density at radius 2 is 2.00 bits per heavy atom. The van der Waals surface area contributed by atoms with Crippen molar-refractivity contribution in [3.63, 3.8) is 0 Å². The maximum atomic E-state index is 13.6. The van der Waals surface area contributed by atoms with Crippen LogP contribution >= 0.6 is 0 Å². The molecule has 5 heterocycles. The average Bonchev–Trinajstić information content (AvgIpc) is 2.89. The molecule has 2 saturated heterocycles. The van der Waals surface area contributed by atoms with Crippen LogP contribution in [-0.4, -0.2) is 72.3 Å². The lowest BCUT2D eigenvalue weighted by Gasteiger charge is -2.54. The molecule has 36 heavy (non-hydrogen) atoms. The van der Waals surface area contributed by atoms with Gasteiger partial charge in [-0.05, 0) is 36.5 Å². The van der Waals surface area contributed by atoms with Gasteiger partial charge in [0.25, 0.3) is 11.2 Å². The molecule has 6 rings (SSSR count). The number of amides is 1. The smallest absolute Gasteiger partial charge is 0.269 e. The fourth-order valence-electron chi connectivity index (χ4n) is 6.74. The predicted molar refractivity (Wildman–Crippen MR) is 133 cm³/mol. The molecular formula is C26H31N5O5. The monoisotopic (exact) mass is 493 g/mol. The number of hydrogen-bond acceptors (Lipinski definition) is 7. The number of rotatable bonds is 5. The number of pyridine rings is 1. The fraction of sp³-hybridized carbons (Fsp3) is 0.538. The highest BCUT2D eigenvalue weighted by atomic mass is 16.6. The van der Waals surface area contributed by atoms with E-state index in [1.165, 1.54) is 0 Å². The lowest BCUT2D eigenvalue weighted by Crippen LogP contribution is -2.61. The molecule has 1 aromatic heterocycles. The van der Waals surface area contributed by atoms with Gasteiger partial charge in [0.1, 0.15) is 0 Å². The zero-order valence-corrected chi connectivity index (χ0v) is 20.2. The summed E-state index contributed by atoms with van der Waals surface area (Å²) in [6.45, 7) is 5.76. The van der Waals surface area contributed by atoms with Crippen molar-refractivity contribution in [2.24, 2.45) is 11.8 Å². The summed E-state index contributed by atoms with van der Waals surface area (Å²) in [6.07, 6.45) is 1.39. The summed E-state index contributed by atoms with van der Waals surface area (Å²) in [6, 6.07) is 10.4. The lowest BCUT2D eigenvalue weighted by atomic mass is 9.70. The molecule has 1 N–H and O–H groups in total. The third-order valence-corrected chi connectivity index (χ3v) is 8.37. The number of morpholine rings is 1. The van der Waals surface area contributed by atoms with Crippen molar-refractivity contribution in [2.75, 3.05) is 50.8 Å². The van der Waals surface area contributed by atoms with Crippen LogP contribution in [0.1, 0.15) is 23.6 Å². The molecule has 2 bridgehead atoms. The number of aromatic nitrogens is 1. The molecular weight excluding hydrogens is 462 g/mol. The highest BCUT2D eigenvalue weighted by molar-refractivity contribution is 5.82. The van der Waals surface area contributed by atoms with Gasteiger partial charge in [-0.1, -0.05) is 6.07 Å². The minimum Gasteiger partial charge on any atom is -0.379 e. The second kappa shape index (κ2) is 9.33. The van der Waals surface area contributed by atoms with E-state index < -0.39 is 0 Å². The van der Waals surface area contributed by atoms with Crippen LogP contribution in [0.3, 0.4) is 0 Å². The number of anilines is 1. The van der Waals surface area contributed by atoms with Gasteiger partial charge >= 0.3 is 0 Å². The van der Waals surface area contributed by atoms with Crippen molar-refractivity contribution in [3.05, 3.63) is 68.1 Å². The molecule has 0 spiro atoms. The summed E-state index contributed by atoms with van der Waals surface area (Å²) in [5, 5.41) is 14.6. The molecule has 0 radical (unpaired) electrons. The Balaban J connectivity index is 1.30. The summed E-state index contributed by atoms with van der Waals surface area (Å²) in [7, 11) is 0. The molecule has 10 nitrogen and oxygen atoms in total. The van der Waals surface area contributed by atoms with Gasteiger partial charge in [0, 0.05) is 80.8 Å². The van der Waals surface area contributed by atoms with Crippen LogP contribution in [-0.2, 0) is 22.5 Å². The third kappa shape index (κ3) is 4.08. The van der Waals surface area contributed by atoms with E-state index in [-0.39, 0.29) is 45.9 Å². The Kier molecular flexibility index (Phi) is 6.00. The van der Waals surface area contributed by atoms with E-state index in [1.54, 1.807) is 18.2 Å². The van der Waals surface area contributed by atoms with Crippen LogP contribution in [0.4, 0.5) is 11.4 Å². The maximum absolute atomic E-state index is 13.6. The largest absolute Gasteiger partial charge is 0.379 e. The molecule has 10 heteroatoms. The van der Waals surface area contributed by atoms with E-state index in [0.29, 0.717) is 39.3 Å². The standard InChI is InChI=1S/C26H31N5O5/c32-24-3-1-2-22-18-12-19(16-29(22)24)25-21(26(33)27-6-7-28-8-10-36-11-9-28)14-17-13-20(31(34)35)4-5-23(17)30(25)15-18/h1-5,13,18-19,21,25H,6-12,14-16H2,(H,27,33)/t18-,19+,21-,25+/m1/s1. The van der Waals surface area contributed by atoms with E-state index in [2.05, 4.69) is 15.1 Å². The van der Waals surface area contributed by atoms with Gasteiger partial charge in [0.05, 0.1) is 24.1 Å². The molecule has 4 aliphatic rings. The Bertz CT molecular complexity index is 1240. The Morgan fingerprint density at radius 3 is 2.81 bits per heavy atom. The number of non-ortho nitro benzene ring substituents is 1. The molecule has 0 unspecified atom stereocenters. The number of benzene rings is 1. The van der Waals surface area contributed by atoms with Crippen LogP contribution in [0.2, 0.25) is 0 Å². The number of fused-ring (bicyclic) bond motifs is 8. The van der Waals surface area contributed by atoms with Crippen LogP contribution < -0.4 is 15.8 Å². The zero-order chi connectivity index (χ0) is 24.8. The van der Waals surface area contributed by atoms with Gasteiger partial charge in [-0.25, -0.2) is 0 Å². The number of hydrogen-bond donors (Lipinski definition) is 1. The Morgan fingerprint density at radius 1 is 1.17 bits per heavy atom. The fourth-order valence-corrected chi connectivity index (χ4v) is 6.74. The average molecular weight is 494 g/mol. The van der Waals surface area contributed by atoms with E-state index >= 15 is 0 Å². The van der Waals surface area contributed by atoms with Gasteiger partial charge in [-0.2, -0.15) is 0 Å². The normalized spacial score (nSPS) is 26.9. The zero-order valence-electron chi connectivity index (χ0n) is 20.2. The first-order valence-corrected chi connectivity index (χ1v) is 12.8. The molecule has 0 aliphatic carbocycles. The molecule has 0 saturated carbocycles. The van der Waals surface area contributed by atoms with E-state index in [1.807, 2.05) is 22.8 Å². The quantitative estimate of drug-likeness (QED) is 0.495. The maximum Gasteiger partial charge on any atom is 0.269 e. The minimum absolute atomic E-state index is 0.00833. The van der Waals surface area contributed by atoms with Crippen LogP contribution in [0.15, 0.2) is 41.2 Å². The SMILES string of the molecule is O=C(NCCN1CCOCC1)[C@@H]1Cc2cc([N+](=O)[O-])ccc2N2C[C@H]3C[C@@H](Cn4c3cccc4=O)[C@@H]12. The van der Waals surface area contributed by atoms with Crippen molar-refractivity contribution >= 4 is 17.3 Å². The summed E-state index contributed by atoms with van der Waals surface area (Å²) >= 11 is 0. The van der Waals surface area contributed by atoms with Crippen LogP contribution in [0.25, 0.3) is 0 Å². The van der Waals surface area contributed by atoms with Gasteiger partial charge in [-0.3, -0.25) is 24.6 Å². The summed E-state index contributed by atoms with van der Waals surface area (Å²) < 4.78 is 7.29. The topological polar surface area (TPSA) is 110 Å². The first-order valence-electron chi connectivity index (χ1n) is 12.8. The summed E-state index contributed by atoms with van der Waals surface area (Å²) in [5.74, 6) is -0.0223. The van der Waals surface area contributed by atoms with Gasteiger partial charge < -0.3 is 19.5 Å². The Hall–Kier alpha value is -3.24. The minimum atomic E-state index is -0.378. The molecule has 2 fully saturated rings. The number of nitro groups is 1. The Labute approximate surface area is 209 Å². The third-order valence-electron chi connectivity index (χ3n) is 8.37. The molecule has 190 valence electrons. The van der Waals surface area contributed by atoms with Crippen molar-refractivity contribution in [1.29, 1.82) is 0 Å². The van der Waals surface area contributed by atoms with E-state index in [0.717, 1.165) is 43.0 Å². The van der Waals surface area contributed by atoms with Crippen molar-refractivity contribution in [1.82, 2.24) is 14.8 Å². The molecule has 1 amide bonds. The van der Waals surface area contributed by atoms with Crippen molar-refractivity contribution in [3.8, 4) is 0 Å². The van der Waals surface area contributed by atoms with Crippen molar-refractivity contribution < 1.29 is 14.5 Å². The number of ether oxygens (including phenoxy) is 1. The number of carbonyl (C=O) groups excluding carboxylic acids is 1. The predicted octanol–water partition coefficient (Wildman–Crippen LogP) is 1.37. The van der Waals surface area contributed by atoms with Crippen molar-refractivity contribution in [2.45, 2.75) is 31.3 Å². The van der Waals surface area contributed by atoms with Gasteiger partial charge in [0.2, 0.25) is 5.91 Å². The molecule has 1 aromatic carbocycles. The van der Waals surface area contributed by atoms with Gasteiger partial charge in [0.15, 0.2) is 0 Å². The first-order chi connectivity index (χ1) is 17.5. The number of nitrogens with one attached hydrogen (secondary N) is 1. The second-order valence-electron chi connectivity index (χ2n) is 10.4. The molecule has 2 aromatic rings. The second-order valence-corrected chi connectivity index (χ2v) is 10.4. The number of carbonyl (C=O) groups is 1. The van der Waals surface area contributed by atoms with Crippen LogP contribution in [0.5, 0.6) is 0 Å². The molecule has 4 aliphatic heterocycles.